The smallest absolute Gasteiger partial charge is 0.277 e. The second kappa shape index (κ2) is 7.81. The van der Waals surface area contributed by atoms with Crippen LogP contribution < -0.4 is 4.74 Å². The van der Waals surface area contributed by atoms with Crippen LogP contribution in [-0.2, 0) is 5.75 Å². The lowest BCUT2D eigenvalue weighted by Gasteiger charge is -2.03. The molecule has 9 heteroatoms. The number of ether oxygens (including phenoxy) is 1. The summed E-state index contributed by atoms with van der Waals surface area (Å²) in [6.45, 7) is 0. The Bertz CT molecular complexity index is 1050. The van der Waals surface area contributed by atoms with Crippen molar-refractivity contribution < 1.29 is 13.6 Å². The van der Waals surface area contributed by atoms with Crippen molar-refractivity contribution in [3.8, 4) is 28.7 Å². The largest absolute Gasteiger partial charge is 0.496 e. The van der Waals surface area contributed by atoms with Gasteiger partial charge in [0.15, 0.2) is 0 Å². The first-order chi connectivity index (χ1) is 13.2. The summed E-state index contributed by atoms with van der Waals surface area (Å²) in [5.41, 5.74) is 1.54. The van der Waals surface area contributed by atoms with Gasteiger partial charge in [-0.1, -0.05) is 35.5 Å². The quantitative estimate of drug-likeness (QED) is 0.429. The molecule has 2 aromatic heterocycles. The van der Waals surface area contributed by atoms with Crippen LogP contribution in [-0.4, -0.2) is 27.5 Å². The third-order valence-electron chi connectivity index (χ3n) is 3.62. The van der Waals surface area contributed by atoms with Crippen LogP contribution in [0.4, 0.5) is 0 Å². The standard InChI is InChI=1S/C18H13ClN4O3S/c1-24-14-5-3-2-4-13(14)17-22-23-18(26-17)27-10-15-20-21-16(25-15)11-6-8-12(19)9-7-11/h2-9H,10H2,1H3. The summed E-state index contributed by atoms with van der Waals surface area (Å²) in [4.78, 5) is 0. The number of rotatable bonds is 6. The monoisotopic (exact) mass is 400 g/mol. The van der Waals surface area contributed by atoms with E-state index >= 15 is 0 Å². The second-order valence-electron chi connectivity index (χ2n) is 5.37. The van der Waals surface area contributed by atoms with E-state index in [0.717, 1.165) is 11.1 Å². The zero-order valence-corrected chi connectivity index (χ0v) is 15.7. The lowest BCUT2D eigenvalue weighted by Crippen LogP contribution is -1.87. The van der Waals surface area contributed by atoms with Crippen LogP contribution in [0.25, 0.3) is 22.9 Å². The Balaban J connectivity index is 1.44. The van der Waals surface area contributed by atoms with Gasteiger partial charge in [-0.15, -0.1) is 20.4 Å². The number of benzene rings is 2. The van der Waals surface area contributed by atoms with E-state index in [1.807, 2.05) is 36.4 Å². The summed E-state index contributed by atoms with van der Waals surface area (Å²) in [6.07, 6.45) is 0. The van der Waals surface area contributed by atoms with Crippen molar-refractivity contribution >= 4 is 23.4 Å². The van der Waals surface area contributed by atoms with Gasteiger partial charge < -0.3 is 13.6 Å². The number of nitrogens with zero attached hydrogens (tertiary/aromatic N) is 4. The Morgan fingerprint density at radius 2 is 1.70 bits per heavy atom. The molecule has 0 N–H and O–H groups in total. The average molecular weight is 401 g/mol. The maximum atomic E-state index is 5.89. The van der Waals surface area contributed by atoms with Crippen LogP contribution in [0.1, 0.15) is 5.89 Å². The lowest BCUT2D eigenvalue weighted by molar-refractivity contribution is 0.411. The van der Waals surface area contributed by atoms with Crippen LogP contribution in [0.3, 0.4) is 0 Å². The van der Waals surface area contributed by atoms with Crippen molar-refractivity contribution in [3.05, 3.63) is 59.4 Å². The maximum Gasteiger partial charge on any atom is 0.277 e. The van der Waals surface area contributed by atoms with Crippen LogP contribution in [0.5, 0.6) is 5.75 Å². The molecule has 0 bridgehead atoms. The minimum atomic E-state index is 0.391. The lowest BCUT2D eigenvalue weighted by atomic mass is 10.2. The molecule has 0 radical (unpaired) electrons. The van der Waals surface area contributed by atoms with Crippen LogP contribution in [0.15, 0.2) is 62.6 Å². The van der Waals surface area contributed by atoms with Gasteiger partial charge in [-0.2, -0.15) is 0 Å². The van der Waals surface area contributed by atoms with Gasteiger partial charge in [0.2, 0.25) is 11.8 Å². The highest BCUT2D eigenvalue weighted by Crippen LogP contribution is 2.31. The van der Waals surface area contributed by atoms with Crippen molar-refractivity contribution in [1.29, 1.82) is 0 Å². The first-order valence-corrected chi connectivity index (χ1v) is 9.27. The highest BCUT2D eigenvalue weighted by molar-refractivity contribution is 7.98. The molecule has 4 aromatic rings. The molecule has 0 amide bonds. The van der Waals surface area contributed by atoms with Gasteiger partial charge in [0.05, 0.1) is 18.4 Å². The Labute approximate surface area is 163 Å². The summed E-state index contributed by atoms with van der Waals surface area (Å²) in [5.74, 6) is 2.36. The fourth-order valence-corrected chi connectivity index (χ4v) is 3.07. The molecule has 0 aliphatic carbocycles. The van der Waals surface area contributed by atoms with E-state index in [9.17, 15) is 0 Å². The summed E-state index contributed by atoms with van der Waals surface area (Å²) < 4.78 is 16.7. The second-order valence-corrected chi connectivity index (χ2v) is 6.73. The zero-order chi connectivity index (χ0) is 18.6. The van der Waals surface area contributed by atoms with Crippen molar-refractivity contribution in [3.63, 3.8) is 0 Å². The van der Waals surface area contributed by atoms with E-state index in [-0.39, 0.29) is 0 Å². The van der Waals surface area contributed by atoms with Crippen molar-refractivity contribution in [2.45, 2.75) is 11.0 Å². The number of methoxy groups -OCH3 is 1. The Hall–Kier alpha value is -2.84. The number of thioether (sulfide) groups is 1. The normalized spacial score (nSPS) is 10.9. The molecular formula is C18H13ClN4O3S. The molecule has 0 spiro atoms. The first kappa shape index (κ1) is 17.6. The predicted octanol–water partition coefficient (Wildman–Crippen LogP) is 4.74. The van der Waals surface area contributed by atoms with Crippen molar-refractivity contribution in [2.24, 2.45) is 0 Å². The molecule has 0 unspecified atom stereocenters. The van der Waals surface area contributed by atoms with Gasteiger partial charge in [0.1, 0.15) is 5.75 Å². The molecule has 0 aliphatic rings. The van der Waals surface area contributed by atoms with E-state index in [0.29, 0.717) is 39.4 Å². The van der Waals surface area contributed by atoms with E-state index in [1.165, 1.54) is 11.8 Å². The maximum absolute atomic E-state index is 5.89. The summed E-state index contributed by atoms with van der Waals surface area (Å²) in [7, 11) is 1.60. The number of halogens is 1. The van der Waals surface area contributed by atoms with Crippen LogP contribution in [0, 0.1) is 0 Å². The number of para-hydroxylation sites is 1. The van der Waals surface area contributed by atoms with Crippen molar-refractivity contribution in [1.82, 2.24) is 20.4 Å². The minimum Gasteiger partial charge on any atom is -0.496 e. The van der Waals surface area contributed by atoms with Gasteiger partial charge in [-0.25, -0.2) is 0 Å². The van der Waals surface area contributed by atoms with E-state index in [1.54, 1.807) is 19.2 Å². The van der Waals surface area contributed by atoms with Gasteiger partial charge in [0, 0.05) is 10.6 Å². The molecule has 4 rings (SSSR count). The molecule has 2 aromatic carbocycles. The average Bonchev–Trinajstić information content (AvgIpc) is 3.36. The Morgan fingerprint density at radius 3 is 2.52 bits per heavy atom. The van der Waals surface area contributed by atoms with E-state index in [2.05, 4.69) is 20.4 Å². The predicted molar refractivity (Wildman–Crippen MR) is 101 cm³/mol. The third-order valence-corrected chi connectivity index (χ3v) is 4.68. The third kappa shape index (κ3) is 3.96. The fourth-order valence-electron chi connectivity index (χ4n) is 2.34. The molecule has 27 heavy (non-hydrogen) atoms. The Morgan fingerprint density at radius 1 is 0.926 bits per heavy atom. The van der Waals surface area contributed by atoms with Gasteiger partial charge in [-0.3, -0.25) is 0 Å². The summed E-state index contributed by atoms with van der Waals surface area (Å²) in [5, 5.41) is 17.3. The zero-order valence-electron chi connectivity index (χ0n) is 14.1. The van der Waals surface area contributed by atoms with Crippen LogP contribution >= 0.6 is 23.4 Å². The molecule has 0 saturated heterocycles. The van der Waals surface area contributed by atoms with Crippen LogP contribution in [0.2, 0.25) is 5.02 Å². The molecule has 136 valence electrons. The first-order valence-electron chi connectivity index (χ1n) is 7.91. The fraction of sp³-hybridized carbons (Fsp3) is 0.111. The van der Waals surface area contributed by atoms with E-state index in [4.69, 9.17) is 25.2 Å². The highest BCUT2D eigenvalue weighted by Gasteiger charge is 2.15. The molecule has 0 aliphatic heterocycles. The number of hydrogen-bond acceptors (Lipinski definition) is 8. The van der Waals surface area contributed by atoms with Crippen molar-refractivity contribution in [2.75, 3.05) is 7.11 Å². The van der Waals surface area contributed by atoms with E-state index < -0.39 is 0 Å². The molecule has 7 nitrogen and oxygen atoms in total. The summed E-state index contributed by atoms with van der Waals surface area (Å²) >= 11 is 7.20. The number of aromatic nitrogens is 4. The van der Waals surface area contributed by atoms with Gasteiger partial charge in [-0.05, 0) is 36.4 Å². The highest BCUT2D eigenvalue weighted by atomic mass is 35.5. The SMILES string of the molecule is COc1ccccc1-c1nnc(SCc2nnc(-c3ccc(Cl)cc3)o2)o1. The Kier molecular flexibility index (Phi) is 5.08. The molecule has 0 saturated carbocycles. The molecule has 2 heterocycles. The van der Waals surface area contributed by atoms with Gasteiger partial charge >= 0.3 is 0 Å². The summed E-state index contributed by atoms with van der Waals surface area (Å²) in [6, 6.07) is 14.6. The molecule has 0 fully saturated rings. The van der Waals surface area contributed by atoms with Gasteiger partial charge in [0.25, 0.3) is 11.1 Å². The minimum absolute atomic E-state index is 0.391. The topological polar surface area (TPSA) is 87.1 Å². The molecule has 0 atom stereocenters. The number of hydrogen-bond donors (Lipinski definition) is 0. The molecular weight excluding hydrogens is 388 g/mol.